The van der Waals surface area contributed by atoms with Gasteiger partial charge in [-0.05, 0) is 0 Å². The molecule has 0 N–H and O–H groups in total. The van der Waals surface area contributed by atoms with Crippen molar-refractivity contribution in [1.29, 1.82) is 0 Å². The first-order valence-electron chi connectivity index (χ1n) is 5.59. The largest absolute Gasteiger partial charge is 1.00 e. The van der Waals surface area contributed by atoms with E-state index in [9.17, 15) is 0 Å². The van der Waals surface area contributed by atoms with Gasteiger partial charge < -0.3 is 24.8 Å². The van der Waals surface area contributed by atoms with E-state index in [0.29, 0.717) is 3.67 Å². The molecule has 0 unspecified atom stereocenters. The van der Waals surface area contributed by atoms with Gasteiger partial charge in [0.15, 0.2) is 0 Å². The van der Waals surface area contributed by atoms with Gasteiger partial charge in [-0.15, -0.1) is 0 Å². The first kappa shape index (κ1) is 15.9. The van der Waals surface area contributed by atoms with E-state index in [2.05, 4.69) is 50.2 Å². The number of halogens is 2. The van der Waals surface area contributed by atoms with Crippen LogP contribution in [0.5, 0.6) is 0 Å². The van der Waals surface area contributed by atoms with Crippen LogP contribution in [0.2, 0.25) is 0 Å². The van der Waals surface area contributed by atoms with Gasteiger partial charge in [-0.25, -0.2) is 0 Å². The van der Waals surface area contributed by atoms with Crippen molar-refractivity contribution < 1.29 is 49.2 Å². The van der Waals surface area contributed by atoms with Crippen molar-refractivity contribution in [2.45, 2.75) is 17.5 Å². The van der Waals surface area contributed by atoms with Crippen LogP contribution in [0.15, 0.2) is 36.4 Å². The maximum atomic E-state index is 2.36. The number of hydrogen-bond acceptors (Lipinski definition) is 0. The first-order valence-corrected chi connectivity index (χ1v) is 7.67. The Balaban J connectivity index is 0.000000810. The van der Waals surface area contributed by atoms with E-state index in [1.807, 2.05) is 0 Å². The van der Waals surface area contributed by atoms with Crippen LogP contribution in [0.3, 0.4) is 0 Å². The molecule has 0 spiro atoms. The number of benzene rings is 2. The summed E-state index contributed by atoms with van der Waals surface area (Å²) in [7, 11) is 0. The van der Waals surface area contributed by atoms with E-state index in [1.165, 1.54) is 46.6 Å². The van der Waals surface area contributed by atoms with Crippen LogP contribution in [-0.2, 0) is 24.4 Å². The van der Waals surface area contributed by atoms with Crippen LogP contribution < -0.4 is 24.8 Å². The molecule has 2 aromatic rings. The zero-order valence-electron chi connectivity index (χ0n) is 10.3. The molecular formula is C15H13Cl2Hf. The van der Waals surface area contributed by atoms with Gasteiger partial charge in [-0.1, -0.05) is 0 Å². The molecule has 18 heavy (non-hydrogen) atoms. The zero-order valence-corrected chi connectivity index (χ0v) is 15.4. The number of fused-ring (bicyclic) bond motifs is 3. The number of hydrogen-bond donors (Lipinski definition) is 0. The Bertz CT molecular complexity index is 527. The summed E-state index contributed by atoms with van der Waals surface area (Å²) in [5.41, 5.74) is 8.77. The molecule has 0 atom stereocenters. The molecular weight excluding hydrogens is 430 g/mol. The second kappa shape index (κ2) is 5.90. The van der Waals surface area contributed by atoms with E-state index >= 15 is 0 Å². The second-order valence-corrected chi connectivity index (χ2v) is 6.69. The Labute approximate surface area is 136 Å². The van der Waals surface area contributed by atoms with Gasteiger partial charge in [-0.3, -0.25) is 0 Å². The predicted octanol–water partition coefficient (Wildman–Crippen LogP) is -2.07. The number of aryl methyl sites for hydroxylation is 2. The van der Waals surface area contributed by atoms with Gasteiger partial charge in [0.05, 0.1) is 0 Å². The summed E-state index contributed by atoms with van der Waals surface area (Å²) in [5, 5.41) is 0. The molecule has 0 bridgehead atoms. The van der Waals surface area contributed by atoms with Crippen molar-refractivity contribution in [3.05, 3.63) is 58.7 Å². The molecule has 0 heterocycles. The summed E-state index contributed by atoms with van der Waals surface area (Å²) in [6.45, 7) is 4.37. The summed E-state index contributed by atoms with van der Waals surface area (Å²) >= 11 is 1.20. The Hall–Kier alpha value is -0.110. The van der Waals surface area contributed by atoms with Crippen molar-refractivity contribution in [3.63, 3.8) is 0 Å². The van der Waals surface area contributed by atoms with E-state index in [-0.39, 0.29) is 24.8 Å². The minimum absolute atomic E-state index is 0. The molecule has 0 fully saturated rings. The SMILES string of the molecule is Cc1ccc2c(c1)[CH]([Hf+2])c1cc(C)ccc1-2.[Cl-].[Cl-]. The van der Waals surface area contributed by atoms with Crippen molar-refractivity contribution in [2.24, 2.45) is 0 Å². The zero-order chi connectivity index (χ0) is 11.3. The molecule has 3 heteroatoms. The first-order chi connectivity index (χ1) is 7.66. The third-order valence-corrected chi connectivity index (χ3v) is 5.56. The van der Waals surface area contributed by atoms with Crippen molar-refractivity contribution >= 4 is 0 Å². The quantitative estimate of drug-likeness (QED) is 0.411. The summed E-state index contributed by atoms with van der Waals surface area (Å²) < 4.78 is 0.685. The topological polar surface area (TPSA) is 0 Å². The molecule has 91 valence electrons. The van der Waals surface area contributed by atoms with Crippen LogP contribution in [-0.4, -0.2) is 0 Å². The maximum absolute atomic E-state index is 2.36. The fourth-order valence-corrected chi connectivity index (χ4v) is 4.22. The molecule has 0 nitrogen and oxygen atoms in total. The Kier molecular flexibility index (Phi) is 5.22. The summed E-state index contributed by atoms with van der Waals surface area (Å²) in [6, 6.07) is 13.8. The van der Waals surface area contributed by atoms with Gasteiger partial charge >= 0.3 is 112 Å². The molecule has 0 saturated heterocycles. The van der Waals surface area contributed by atoms with Gasteiger partial charge in [0.25, 0.3) is 0 Å². The summed E-state index contributed by atoms with van der Waals surface area (Å²) in [6.07, 6.45) is 0. The molecule has 1 aliphatic rings. The smallest absolute Gasteiger partial charge is 1.00 e. The normalized spacial score (nSPS) is 12.2. The van der Waals surface area contributed by atoms with E-state index in [0.717, 1.165) is 0 Å². The Morgan fingerprint density at radius 1 is 0.778 bits per heavy atom. The minimum atomic E-state index is 0. The summed E-state index contributed by atoms with van der Waals surface area (Å²) in [5.74, 6) is 0. The average Bonchev–Trinajstić information content (AvgIpc) is 2.53. The van der Waals surface area contributed by atoms with Gasteiger partial charge in [0.2, 0.25) is 0 Å². The van der Waals surface area contributed by atoms with Gasteiger partial charge in [-0.2, -0.15) is 0 Å². The molecule has 0 radical (unpaired) electrons. The predicted molar refractivity (Wildman–Crippen MR) is 63.2 cm³/mol. The average molecular weight is 443 g/mol. The molecule has 0 saturated carbocycles. The standard InChI is InChI=1S/C15H13.2ClH.Hf/c1-10-3-5-14-12(7-10)9-13-8-11(2)4-6-15(13)14;;;/h3-9H,1-2H3;2*1H;/q;;;+2/p-2. The van der Waals surface area contributed by atoms with E-state index < -0.39 is 0 Å². The van der Waals surface area contributed by atoms with Crippen LogP contribution in [0.25, 0.3) is 11.1 Å². The van der Waals surface area contributed by atoms with Gasteiger partial charge in [0, 0.05) is 0 Å². The van der Waals surface area contributed by atoms with E-state index in [1.54, 1.807) is 11.1 Å². The molecule has 1 aliphatic carbocycles. The molecule has 0 aliphatic heterocycles. The summed E-state index contributed by atoms with van der Waals surface area (Å²) in [4.78, 5) is 0. The van der Waals surface area contributed by atoms with Crippen LogP contribution in [0, 0.1) is 13.8 Å². The van der Waals surface area contributed by atoms with Crippen LogP contribution in [0.1, 0.15) is 25.9 Å². The van der Waals surface area contributed by atoms with Crippen molar-refractivity contribution in [2.75, 3.05) is 0 Å². The van der Waals surface area contributed by atoms with Crippen LogP contribution >= 0.6 is 0 Å². The number of rotatable bonds is 0. The molecule has 0 amide bonds. The second-order valence-electron chi connectivity index (χ2n) is 4.61. The molecule has 0 aromatic heterocycles. The van der Waals surface area contributed by atoms with Crippen LogP contribution in [0.4, 0.5) is 0 Å². The fourth-order valence-electron chi connectivity index (χ4n) is 2.50. The van der Waals surface area contributed by atoms with Crippen molar-refractivity contribution in [1.82, 2.24) is 0 Å². The molecule has 3 rings (SSSR count). The van der Waals surface area contributed by atoms with E-state index in [4.69, 9.17) is 0 Å². The Morgan fingerprint density at radius 3 is 1.56 bits per heavy atom. The third kappa shape index (κ3) is 2.45. The molecule has 2 aromatic carbocycles. The van der Waals surface area contributed by atoms with Gasteiger partial charge in [0.1, 0.15) is 0 Å². The maximum Gasteiger partial charge on any atom is -1.00 e. The Morgan fingerprint density at radius 2 is 1.17 bits per heavy atom. The monoisotopic (exact) mass is 443 g/mol. The van der Waals surface area contributed by atoms with Crippen molar-refractivity contribution in [3.8, 4) is 11.1 Å². The fraction of sp³-hybridized carbons (Fsp3) is 0.200. The minimum Gasteiger partial charge on any atom is -1.00 e. The third-order valence-electron chi connectivity index (χ3n) is 3.33.